The Bertz CT molecular complexity index is 572. The van der Waals surface area contributed by atoms with Crippen LogP contribution in [0.15, 0.2) is 42.6 Å². The molecule has 6 nitrogen and oxygen atoms in total. The number of nitrogens with zero attached hydrogens (tertiary/aromatic N) is 2. The number of nitrogens with one attached hydrogen (secondary N) is 1. The maximum atomic E-state index is 10.8. The Morgan fingerprint density at radius 2 is 2.06 bits per heavy atom. The lowest BCUT2D eigenvalue weighted by Gasteiger charge is -2.07. The summed E-state index contributed by atoms with van der Waals surface area (Å²) in [6.45, 7) is 0.268. The number of para-hydroxylation sites is 1. The van der Waals surface area contributed by atoms with E-state index < -0.39 is 4.92 Å². The zero-order chi connectivity index (χ0) is 13.0. The van der Waals surface area contributed by atoms with Crippen LogP contribution in [0.1, 0.15) is 5.56 Å². The second kappa shape index (κ2) is 5.13. The first-order valence-corrected chi connectivity index (χ1v) is 5.28. The zero-order valence-corrected chi connectivity index (χ0v) is 9.41. The molecular formula is C12H11N3O3. The highest BCUT2D eigenvalue weighted by Crippen LogP contribution is 2.22. The second-order valence-corrected chi connectivity index (χ2v) is 3.61. The van der Waals surface area contributed by atoms with Crippen molar-refractivity contribution in [2.24, 2.45) is 0 Å². The van der Waals surface area contributed by atoms with Crippen LogP contribution in [0.5, 0.6) is 5.75 Å². The van der Waals surface area contributed by atoms with Crippen LogP contribution in [0.25, 0.3) is 0 Å². The van der Waals surface area contributed by atoms with Crippen molar-refractivity contribution in [1.82, 2.24) is 4.98 Å². The molecule has 0 amide bonds. The van der Waals surface area contributed by atoms with Crippen molar-refractivity contribution < 1.29 is 10.0 Å². The van der Waals surface area contributed by atoms with Crippen LogP contribution in [0.2, 0.25) is 0 Å². The van der Waals surface area contributed by atoms with Gasteiger partial charge in [0.25, 0.3) is 0 Å². The summed E-state index contributed by atoms with van der Waals surface area (Å²) in [6.07, 6.45) is 1.47. The minimum Gasteiger partial charge on any atom is -0.508 e. The Kier molecular flexibility index (Phi) is 3.38. The largest absolute Gasteiger partial charge is 0.508 e. The van der Waals surface area contributed by atoms with E-state index in [-0.39, 0.29) is 23.8 Å². The third kappa shape index (κ3) is 2.54. The van der Waals surface area contributed by atoms with Gasteiger partial charge < -0.3 is 10.4 Å². The molecule has 18 heavy (non-hydrogen) atoms. The molecule has 0 unspecified atom stereocenters. The topological polar surface area (TPSA) is 88.3 Å². The minimum absolute atomic E-state index is 0.0899. The summed E-state index contributed by atoms with van der Waals surface area (Å²) in [7, 11) is 0. The van der Waals surface area contributed by atoms with E-state index in [0.717, 1.165) is 0 Å². The van der Waals surface area contributed by atoms with Gasteiger partial charge in [0.1, 0.15) is 5.75 Å². The molecule has 1 heterocycles. The predicted molar refractivity (Wildman–Crippen MR) is 66.3 cm³/mol. The van der Waals surface area contributed by atoms with Gasteiger partial charge in [0.2, 0.25) is 5.82 Å². The van der Waals surface area contributed by atoms with Crippen molar-refractivity contribution in [3.63, 3.8) is 0 Å². The Morgan fingerprint density at radius 1 is 1.28 bits per heavy atom. The quantitative estimate of drug-likeness (QED) is 0.637. The molecule has 0 atom stereocenters. The van der Waals surface area contributed by atoms with E-state index in [1.165, 1.54) is 18.3 Å². The molecule has 0 radical (unpaired) electrons. The van der Waals surface area contributed by atoms with Crippen LogP contribution in [-0.4, -0.2) is 15.0 Å². The Hall–Kier alpha value is -2.63. The molecule has 0 fully saturated rings. The van der Waals surface area contributed by atoms with E-state index in [0.29, 0.717) is 5.56 Å². The van der Waals surface area contributed by atoms with Crippen molar-refractivity contribution in [2.45, 2.75) is 6.54 Å². The molecule has 2 rings (SSSR count). The van der Waals surface area contributed by atoms with Crippen LogP contribution in [0, 0.1) is 10.1 Å². The lowest BCUT2D eigenvalue weighted by molar-refractivity contribution is -0.384. The van der Waals surface area contributed by atoms with Gasteiger partial charge in [-0.05, 0) is 12.1 Å². The van der Waals surface area contributed by atoms with Crippen LogP contribution in [0.3, 0.4) is 0 Å². The molecule has 6 heteroatoms. The van der Waals surface area contributed by atoms with Crippen molar-refractivity contribution in [2.75, 3.05) is 5.32 Å². The van der Waals surface area contributed by atoms with E-state index in [1.807, 2.05) is 0 Å². The molecule has 0 spiro atoms. The molecule has 0 aliphatic carbocycles. The smallest absolute Gasteiger partial charge is 0.311 e. The minimum atomic E-state index is -0.500. The van der Waals surface area contributed by atoms with Gasteiger partial charge in [-0.3, -0.25) is 10.1 Å². The lowest BCUT2D eigenvalue weighted by Crippen LogP contribution is -2.04. The number of aromatic hydroxyl groups is 1. The number of rotatable bonds is 4. The van der Waals surface area contributed by atoms with Gasteiger partial charge in [-0.1, -0.05) is 18.2 Å². The monoisotopic (exact) mass is 245 g/mol. The van der Waals surface area contributed by atoms with Gasteiger partial charge in [0, 0.05) is 24.4 Å². The summed E-state index contributed by atoms with van der Waals surface area (Å²) in [5.41, 5.74) is 0.561. The Labute approximate surface area is 103 Å². The van der Waals surface area contributed by atoms with Gasteiger partial charge in [0.15, 0.2) is 0 Å². The average Bonchev–Trinajstić information content (AvgIpc) is 2.38. The van der Waals surface area contributed by atoms with Gasteiger partial charge >= 0.3 is 5.69 Å². The summed E-state index contributed by atoms with van der Waals surface area (Å²) in [5.74, 6) is 0.328. The fourth-order valence-corrected chi connectivity index (χ4v) is 1.52. The molecule has 2 N–H and O–H groups in total. The molecule has 0 bridgehead atoms. The number of phenols is 1. The van der Waals surface area contributed by atoms with Gasteiger partial charge in [-0.15, -0.1) is 0 Å². The summed E-state index contributed by atoms with van der Waals surface area (Å²) < 4.78 is 0. The number of benzene rings is 1. The van der Waals surface area contributed by atoms with Crippen LogP contribution >= 0.6 is 0 Å². The fourth-order valence-electron chi connectivity index (χ4n) is 1.52. The first-order chi connectivity index (χ1) is 8.68. The van der Waals surface area contributed by atoms with Crippen molar-refractivity contribution >= 4 is 11.5 Å². The fraction of sp³-hybridized carbons (Fsp3) is 0.0833. The lowest BCUT2D eigenvalue weighted by atomic mass is 10.2. The summed E-state index contributed by atoms with van der Waals surface area (Å²) >= 11 is 0. The number of aromatic nitrogens is 1. The van der Waals surface area contributed by atoms with Gasteiger partial charge in [-0.25, -0.2) is 4.98 Å². The van der Waals surface area contributed by atoms with E-state index in [2.05, 4.69) is 10.3 Å². The summed E-state index contributed by atoms with van der Waals surface area (Å²) in [6, 6.07) is 9.66. The Balaban J connectivity index is 2.16. The third-order valence-corrected chi connectivity index (χ3v) is 2.42. The SMILES string of the molecule is O=[N+]([O-])c1cccnc1NCc1ccccc1O. The number of nitro groups is 1. The molecule has 1 aromatic heterocycles. The first kappa shape index (κ1) is 11.8. The third-order valence-electron chi connectivity index (χ3n) is 2.42. The highest BCUT2D eigenvalue weighted by atomic mass is 16.6. The number of hydrogen-bond acceptors (Lipinski definition) is 5. The van der Waals surface area contributed by atoms with Crippen LogP contribution < -0.4 is 5.32 Å². The predicted octanol–water partition coefficient (Wildman–Crippen LogP) is 2.31. The van der Waals surface area contributed by atoms with E-state index in [9.17, 15) is 15.2 Å². The molecule has 2 aromatic rings. The standard InChI is InChI=1S/C12H11N3O3/c16-11-6-2-1-4-9(11)8-14-12-10(15(17)18)5-3-7-13-12/h1-7,16H,8H2,(H,13,14). The van der Waals surface area contributed by atoms with E-state index in [1.54, 1.807) is 24.3 Å². The van der Waals surface area contributed by atoms with Gasteiger partial charge in [-0.2, -0.15) is 0 Å². The molecule has 92 valence electrons. The summed E-state index contributed by atoms with van der Waals surface area (Å²) in [5, 5.41) is 23.2. The normalized spacial score (nSPS) is 10.0. The Morgan fingerprint density at radius 3 is 2.78 bits per heavy atom. The first-order valence-electron chi connectivity index (χ1n) is 5.28. The maximum Gasteiger partial charge on any atom is 0.311 e. The van der Waals surface area contributed by atoms with E-state index in [4.69, 9.17) is 0 Å². The molecule has 0 saturated carbocycles. The van der Waals surface area contributed by atoms with Gasteiger partial charge in [0.05, 0.1) is 4.92 Å². The highest BCUT2D eigenvalue weighted by Gasteiger charge is 2.13. The number of anilines is 1. The van der Waals surface area contributed by atoms with E-state index >= 15 is 0 Å². The number of pyridine rings is 1. The zero-order valence-electron chi connectivity index (χ0n) is 9.41. The molecule has 0 aliphatic heterocycles. The maximum absolute atomic E-state index is 10.8. The number of hydrogen-bond donors (Lipinski definition) is 2. The number of phenolic OH excluding ortho intramolecular Hbond substituents is 1. The molecular weight excluding hydrogens is 234 g/mol. The molecule has 1 aromatic carbocycles. The highest BCUT2D eigenvalue weighted by molar-refractivity contribution is 5.55. The molecule has 0 saturated heterocycles. The van der Waals surface area contributed by atoms with Crippen molar-refractivity contribution in [3.8, 4) is 5.75 Å². The molecule has 0 aliphatic rings. The van der Waals surface area contributed by atoms with Crippen LogP contribution in [0.4, 0.5) is 11.5 Å². The summed E-state index contributed by atoms with van der Waals surface area (Å²) in [4.78, 5) is 14.2. The average molecular weight is 245 g/mol. The van der Waals surface area contributed by atoms with Crippen LogP contribution in [-0.2, 0) is 6.54 Å². The van der Waals surface area contributed by atoms with Crippen molar-refractivity contribution in [3.05, 3.63) is 58.3 Å². The second-order valence-electron chi connectivity index (χ2n) is 3.61. The van der Waals surface area contributed by atoms with Crippen molar-refractivity contribution in [1.29, 1.82) is 0 Å².